The molecule has 2 N–H and O–H groups in total. The van der Waals surface area contributed by atoms with Gasteiger partial charge >= 0.3 is 5.97 Å². The van der Waals surface area contributed by atoms with Crippen LogP contribution in [0.25, 0.3) is 10.6 Å². The molecule has 0 aromatic carbocycles. The number of Topliss-reactive ketones (excluding diaryl/α,β-unsaturated/α-hetero) is 1. The number of carbonyl (C=O) groups excluding carboxylic acids is 1. The van der Waals surface area contributed by atoms with E-state index < -0.39 is 5.97 Å². The molecule has 28 heavy (non-hydrogen) atoms. The number of thiazole rings is 1. The summed E-state index contributed by atoms with van der Waals surface area (Å²) in [7, 11) is 0. The molecule has 0 radical (unpaired) electrons. The summed E-state index contributed by atoms with van der Waals surface area (Å²) in [6, 6.07) is 8.95. The van der Waals surface area contributed by atoms with Crippen LogP contribution in [-0.2, 0) is 16.0 Å². The third kappa shape index (κ3) is 5.20. The standard InChI is InChI=1S/C20H20N4O3S/c1-12(8-13(2)25)20-22-11-16(28-20)15-4-3-5-17(23-15)24-18-9-14(6-7-21-18)10-19(26)27/h3-7,9,11-12H,8,10H2,1-2H3,(H,26,27)(H,21,23,24). The monoisotopic (exact) mass is 396 g/mol. The number of anilines is 2. The summed E-state index contributed by atoms with van der Waals surface area (Å²) in [6.07, 6.45) is 3.75. The van der Waals surface area contributed by atoms with Gasteiger partial charge in [-0.1, -0.05) is 13.0 Å². The molecule has 3 heterocycles. The first-order chi connectivity index (χ1) is 13.4. The van der Waals surface area contributed by atoms with E-state index in [9.17, 15) is 9.59 Å². The fourth-order valence-electron chi connectivity index (χ4n) is 2.75. The number of aromatic nitrogens is 3. The van der Waals surface area contributed by atoms with Crippen molar-refractivity contribution in [2.45, 2.75) is 32.6 Å². The minimum absolute atomic E-state index is 0.0627. The zero-order valence-electron chi connectivity index (χ0n) is 15.5. The van der Waals surface area contributed by atoms with Gasteiger partial charge in [0.15, 0.2) is 0 Å². The van der Waals surface area contributed by atoms with Crippen molar-refractivity contribution >= 4 is 34.7 Å². The normalized spacial score (nSPS) is 11.8. The van der Waals surface area contributed by atoms with Crippen molar-refractivity contribution < 1.29 is 14.7 Å². The maximum Gasteiger partial charge on any atom is 0.307 e. The van der Waals surface area contributed by atoms with Crippen molar-refractivity contribution in [3.63, 3.8) is 0 Å². The van der Waals surface area contributed by atoms with E-state index in [1.54, 1.807) is 31.5 Å². The van der Waals surface area contributed by atoms with Crippen molar-refractivity contribution in [2.75, 3.05) is 5.32 Å². The summed E-state index contributed by atoms with van der Waals surface area (Å²) in [6.45, 7) is 3.58. The molecule has 3 aromatic heterocycles. The number of ketones is 1. The summed E-state index contributed by atoms with van der Waals surface area (Å²) < 4.78 is 0. The maximum absolute atomic E-state index is 11.3. The fourth-order valence-corrected chi connectivity index (χ4v) is 3.69. The first-order valence-corrected chi connectivity index (χ1v) is 9.58. The Morgan fingerprint density at radius 2 is 2.04 bits per heavy atom. The first-order valence-electron chi connectivity index (χ1n) is 8.77. The highest BCUT2D eigenvalue weighted by molar-refractivity contribution is 7.15. The van der Waals surface area contributed by atoms with E-state index in [4.69, 9.17) is 5.11 Å². The molecule has 7 nitrogen and oxygen atoms in total. The van der Waals surface area contributed by atoms with Crippen molar-refractivity contribution in [3.05, 3.63) is 53.3 Å². The second-order valence-corrected chi connectivity index (χ2v) is 7.59. The Labute approximate surface area is 166 Å². The highest BCUT2D eigenvalue weighted by Gasteiger charge is 2.14. The number of nitrogens with one attached hydrogen (secondary N) is 1. The number of pyridine rings is 2. The van der Waals surface area contributed by atoms with Gasteiger partial charge in [-0.25, -0.2) is 15.0 Å². The highest BCUT2D eigenvalue weighted by Crippen LogP contribution is 2.31. The summed E-state index contributed by atoms with van der Waals surface area (Å²) in [5, 5.41) is 12.9. The predicted octanol–water partition coefficient (Wildman–Crippen LogP) is 4.05. The fraction of sp³-hybridized carbons (Fsp3) is 0.250. The van der Waals surface area contributed by atoms with Gasteiger partial charge in [-0.2, -0.15) is 0 Å². The lowest BCUT2D eigenvalue weighted by molar-refractivity contribution is -0.136. The van der Waals surface area contributed by atoms with E-state index in [1.165, 1.54) is 11.3 Å². The molecule has 1 unspecified atom stereocenters. The van der Waals surface area contributed by atoms with Crippen LogP contribution in [0.5, 0.6) is 0 Å². The van der Waals surface area contributed by atoms with Crippen LogP contribution in [-0.4, -0.2) is 31.8 Å². The molecular weight excluding hydrogens is 376 g/mol. The molecule has 3 rings (SSSR count). The van der Waals surface area contributed by atoms with Crippen LogP contribution in [0.15, 0.2) is 42.7 Å². The molecule has 0 bridgehead atoms. The quantitative estimate of drug-likeness (QED) is 0.592. The van der Waals surface area contributed by atoms with Crippen LogP contribution in [0.2, 0.25) is 0 Å². The molecule has 8 heteroatoms. The van der Waals surface area contributed by atoms with E-state index in [0.29, 0.717) is 23.6 Å². The van der Waals surface area contributed by atoms with E-state index in [0.717, 1.165) is 15.6 Å². The molecular formula is C20H20N4O3S. The van der Waals surface area contributed by atoms with Crippen molar-refractivity contribution in [3.8, 4) is 10.6 Å². The van der Waals surface area contributed by atoms with Crippen LogP contribution in [0.4, 0.5) is 11.6 Å². The molecule has 0 aliphatic rings. The molecule has 0 aliphatic heterocycles. The van der Waals surface area contributed by atoms with Gasteiger partial charge in [0, 0.05) is 24.7 Å². The summed E-state index contributed by atoms with van der Waals surface area (Å²) in [5.74, 6) is 0.467. The third-order valence-electron chi connectivity index (χ3n) is 3.98. The molecule has 0 saturated heterocycles. The molecule has 0 saturated carbocycles. The van der Waals surface area contributed by atoms with Gasteiger partial charge in [-0.15, -0.1) is 11.3 Å². The Morgan fingerprint density at radius 3 is 2.79 bits per heavy atom. The number of carboxylic acids is 1. The lowest BCUT2D eigenvalue weighted by Crippen LogP contribution is -2.02. The minimum Gasteiger partial charge on any atom is -0.481 e. The average molecular weight is 396 g/mol. The maximum atomic E-state index is 11.3. The molecule has 0 spiro atoms. The average Bonchev–Trinajstić information content (AvgIpc) is 3.11. The smallest absolute Gasteiger partial charge is 0.307 e. The van der Waals surface area contributed by atoms with Crippen LogP contribution < -0.4 is 5.32 Å². The Morgan fingerprint density at radius 1 is 1.21 bits per heavy atom. The zero-order valence-corrected chi connectivity index (χ0v) is 16.4. The van der Waals surface area contributed by atoms with E-state index in [2.05, 4.69) is 20.3 Å². The van der Waals surface area contributed by atoms with Crippen LogP contribution in [0, 0.1) is 0 Å². The SMILES string of the molecule is CC(=O)CC(C)c1ncc(-c2cccc(Nc3cc(CC(=O)O)ccn3)n2)s1. The van der Waals surface area contributed by atoms with Crippen LogP contribution in [0.1, 0.15) is 36.8 Å². The second-order valence-electron chi connectivity index (χ2n) is 6.52. The Balaban J connectivity index is 1.77. The largest absolute Gasteiger partial charge is 0.481 e. The molecule has 0 amide bonds. The van der Waals surface area contributed by atoms with Crippen molar-refractivity contribution in [2.24, 2.45) is 0 Å². The Bertz CT molecular complexity index is 1000. The number of hydrogen-bond acceptors (Lipinski definition) is 7. The number of aliphatic carboxylic acids is 1. The number of rotatable bonds is 8. The lowest BCUT2D eigenvalue weighted by Gasteiger charge is -2.07. The van der Waals surface area contributed by atoms with E-state index >= 15 is 0 Å². The lowest BCUT2D eigenvalue weighted by atomic mass is 10.1. The van der Waals surface area contributed by atoms with Gasteiger partial charge < -0.3 is 15.2 Å². The van der Waals surface area contributed by atoms with Gasteiger partial charge in [0.1, 0.15) is 17.4 Å². The highest BCUT2D eigenvalue weighted by atomic mass is 32.1. The summed E-state index contributed by atoms with van der Waals surface area (Å²) >= 11 is 1.53. The summed E-state index contributed by atoms with van der Waals surface area (Å²) in [5.41, 5.74) is 1.43. The molecule has 3 aromatic rings. The molecule has 0 fully saturated rings. The molecule has 1 atom stereocenters. The molecule has 144 valence electrons. The van der Waals surface area contributed by atoms with Crippen LogP contribution >= 0.6 is 11.3 Å². The van der Waals surface area contributed by atoms with Gasteiger partial charge in [0.05, 0.1) is 22.0 Å². The third-order valence-corrected chi connectivity index (χ3v) is 5.23. The Kier molecular flexibility index (Phi) is 6.10. The van der Waals surface area contributed by atoms with Crippen molar-refractivity contribution in [1.29, 1.82) is 0 Å². The first kappa shape index (κ1) is 19.6. The number of carboxylic acid groups (broad SMARTS) is 1. The van der Waals surface area contributed by atoms with Gasteiger partial charge in [-0.05, 0) is 36.8 Å². The van der Waals surface area contributed by atoms with E-state index in [1.807, 2.05) is 25.1 Å². The Hall–Kier alpha value is -3.13. The molecule has 0 aliphatic carbocycles. The number of nitrogens with zero attached hydrogens (tertiary/aromatic N) is 3. The number of hydrogen-bond donors (Lipinski definition) is 2. The second kappa shape index (κ2) is 8.71. The van der Waals surface area contributed by atoms with Crippen LogP contribution in [0.3, 0.4) is 0 Å². The van der Waals surface area contributed by atoms with Gasteiger partial charge in [0.25, 0.3) is 0 Å². The van der Waals surface area contributed by atoms with E-state index in [-0.39, 0.29) is 18.1 Å². The predicted molar refractivity (Wildman–Crippen MR) is 108 cm³/mol. The van der Waals surface area contributed by atoms with Gasteiger partial charge in [-0.3, -0.25) is 4.79 Å². The summed E-state index contributed by atoms with van der Waals surface area (Å²) in [4.78, 5) is 36.4. The van der Waals surface area contributed by atoms with Gasteiger partial charge in [0.2, 0.25) is 0 Å². The van der Waals surface area contributed by atoms with Crippen molar-refractivity contribution in [1.82, 2.24) is 15.0 Å². The minimum atomic E-state index is -0.891. The zero-order chi connectivity index (χ0) is 20.1. The topological polar surface area (TPSA) is 105 Å². The number of carbonyl (C=O) groups is 2.